The third-order valence-corrected chi connectivity index (χ3v) is 4.29. The van der Waals surface area contributed by atoms with Gasteiger partial charge in [0.15, 0.2) is 0 Å². The Morgan fingerprint density at radius 2 is 2.38 bits per heavy atom. The number of hydrogen-bond acceptors (Lipinski definition) is 4. The maximum Gasteiger partial charge on any atom is 0.226 e. The second-order valence-electron chi connectivity index (χ2n) is 5.79. The molecule has 24 heavy (non-hydrogen) atoms. The van der Waals surface area contributed by atoms with E-state index in [0.717, 1.165) is 17.8 Å². The highest BCUT2D eigenvalue weighted by Crippen LogP contribution is 2.34. The number of carbonyl (C=O) groups excluding carboxylic acids is 1. The highest BCUT2D eigenvalue weighted by atomic mass is 16.5. The van der Waals surface area contributed by atoms with E-state index in [1.54, 1.807) is 18.3 Å². The van der Waals surface area contributed by atoms with Crippen molar-refractivity contribution < 1.29 is 9.53 Å². The van der Waals surface area contributed by atoms with Crippen molar-refractivity contribution in [1.29, 1.82) is 5.26 Å². The number of ether oxygens (including phenoxy) is 1. The van der Waals surface area contributed by atoms with Crippen molar-refractivity contribution >= 4 is 5.91 Å². The molecule has 1 N–H and O–H groups in total. The lowest BCUT2D eigenvalue weighted by atomic mass is 9.97. The Hall–Kier alpha value is -2.65. The lowest BCUT2D eigenvalue weighted by molar-refractivity contribution is -0.127. The van der Waals surface area contributed by atoms with Crippen molar-refractivity contribution in [1.82, 2.24) is 15.1 Å². The van der Waals surface area contributed by atoms with Gasteiger partial charge in [0, 0.05) is 25.9 Å². The highest BCUT2D eigenvalue weighted by molar-refractivity contribution is 5.79. The minimum Gasteiger partial charge on any atom is -0.371 e. The van der Waals surface area contributed by atoms with E-state index < -0.39 is 0 Å². The maximum atomic E-state index is 12.6. The second-order valence-corrected chi connectivity index (χ2v) is 5.79. The quantitative estimate of drug-likeness (QED) is 0.914. The summed E-state index contributed by atoms with van der Waals surface area (Å²) in [5.74, 6) is -0.241. The summed E-state index contributed by atoms with van der Waals surface area (Å²) in [5, 5.41) is 16.2. The van der Waals surface area contributed by atoms with E-state index in [1.807, 2.05) is 29.8 Å². The standard InChI is InChI=1S/C18H20N4O2/c1-2-22-16(6-8-21-22)17-15(7-9-24-17)18(23)20-12-14-5-3-4-13(10-14)11-19/h3-6,8,10,15,17H,2,7,9,12H2,1H3,(H,20,23)/t15-,17-/m1/s1. The fraction of sp³-hybridized carbons (Fsp3) is 0.389. The van der Waals surface area contributed by atoms with Gasteiger partial charge in [0.2, 0.25) is 5.91 Å². The van der Waals surface area contributed by atoms with Crippen LogP contribution < -0.4 is 5.32 Å². The fourth-order valence-corrected chi connectivity index (χ4v) is 3.07. The number of benzene rings is 1. The number of nitrogens with one attached hydrogen (secondary N) is 1. The zero-order valence-corrected chi connectivity index (χ0v) is 13.6. The molecule has 2 atom stereocenters. The van der Waals surface area contributed by atoms with Crippen molar-refractivity contribution in [2.75, 3.05) is 6.61 Å². The number of hydrogen-bond donors (Lipinski definition) is 1. The van der Waals surface area contributed by atoms with Crippen LogP contribution in [0.15, 0.2) is 36.5 Å². The molecule has 2 aromatic rings. The third kappa shape index (κ3) is 3.31. The molecule has 1 aliphatic heterocycles. The molecule has 2 heterocycles. The average Bonchev–Trinajstić information content (AvgIpc) is 3.27. The zero-order chi connectivity index (χ0) is 16.9. The Labute approximate surface area is 141 Å². The molecule has 1 fully saturated rings. The summed E-state index contributed by atoms with van der Waals surface area (Å²) in [4.78, 5) is 12.6. The molecular weight excluding hydrogens is 304 g/mol. The van der Waals surface area contributed by atoms with Crippen molar-refractivity contribution in [3.63, 3.8) is 0 Å². The molecule has 6 nitrogen and oxygen atoms in total. The second kappa shape index (κ2) is 7.28. The molecule has 0 saturated carbocycles. The SMILES string of the molecule is CCn1nccc1[C@@H]1OCC[C@H]1C(=O)NCc1cccc(C#N)c1. The number of rotatable bonds is 5. The Morgan fingerprint density at radius 3 is 3.17 bits per heavy atom. The first kappa shape index (κ1) is 16.2. The van der Waals surface area contributed by atoms with Gasteiger partial charge in [-0.05, 0) is 37.1 Å². The lowest BCUT2D eigenvalue weighted by Crippen LogP contribution is -2.32. The minimum atomic E-state index is -0.252. The molecule has 1 aromatic carbocycles. The molecule has 0 spiro atoms. The van der Waals surface area contributed by atoms with Crippen LogP contribution in [0.1, 0.15) is 36.3 Å². The van der Waals surface area contributed by atoms with E-state index in [-0.39, 0.29) is 17.9 Å². The average molecular weight is 324 g/mol. The smallest absolute Gasteiger partial charge is 0.226 e. The molecule has 6 heteroatoms. The Kier molecular flexibility index (Phi) is 4.92. The number of nitrogens with zero attached hydrogens (tertiary/aromatic N) is 3. The molecule has 1 amide bonds. The largest absolute Gasteiger partial charge is 0.371 e. The summed E-state index contributed by atoms with van der Waals surface area (Å²) in [6.07, 6.45) is 2.19. The van der Waals surface area contributed by atoms with Crippen molar-refractivity contribution in [2.45, 2.75) is 32.5 Å². The number of aryl methyl sites for hydroxylation is 1. The Balaban J connectivity index is 1.66. The summed E-state index contributed by atoms with van der Waals surface area (Å²) < 4.78 is 7.67. The molecule has 1 aromatic heterocycles. The predicted octanol–water partition coefficient (Wildman–Crippen LogP) is 2.17. The van der Waals surface area contributed by atoms with Gasteiger partial charge in [0.25, 0.3) is 0 Å². The number of nitriles is 1. The lowest BCUT2D eigenvalue weighted by Gasteiger charge is -2.19. The van der Waals surface area contributed by atoms with E-state index in [9.17, 15) is 4.79 Å². The van der Waals surface area contributed by atoms with E-state index >= 15 is 0 Å². The molecule has 124 valence electrons. The summed E-state index contributed by atoms with van der Waals surface area (Å²) in [5.41, 5.74) is 2.45. The van der Waals surface area contributed by atoms with E-state index in [4.69, 9.17) is 10.00 Å². The highest BCUT2D eigenvalue weighted by Gasteiger charge is 2.36. The summed E-state index contributed by atoms with van der Waals surface area (Å²) in [6, 6.07) is 11.3. The van der Waals surface area contributed by atoms with Crippen LogP contribution in [0.3, 0.4) is 0 Å². The fourth-order valence-electron chi connectivity index (χ4n) is 3.07. The summed E-state index contributed by atoms with van der Waals surface area (Å²) in [7, 11) is 0. The first-order chi connectivity index (χ1) is 11.7. The number of amides is 1. The number of aromatic nitrogens is 2. The molecule has 0 bridgehead atoms. The Bertz CT molecular complexity index is 762. The number of carbonyl (C=O) groups is 1. The van der Waals surface area contributed by atoms with Crippen LogP contribution in [0.4, 0.5) is 0 Å². The van der Waals surface area contributed by atoms with Gasteiger partial charge in [-0.25, -0.2) is 0 Å². The van der Waals surface area contributed by atoms with Gasteiger partial charge in [-0.1, -0.05) is 12.1 Å². The monoisotopic (exact) mass is 324 g/mol. The normalized spacial score (nSPS) is 19.8. The molecule has 3 rings (SSSR count). The summed E-state index contributed by atoms with van der Waals surface area (Å²) >= 11 is 0. The molecular formula is C18H20N4O2. The van der Waals surface area contributed by atoms with Crippen molar-refractivity contribution in [2.24, 2.45) is 5.92 Å². The third-order valence-electron chi connectivity index (χ3n) is 4.29. The molecule has 0 aliphatic carbocycles. The van der Waals surface area contributed by atoms with Crippen molar-refractivity contribution in [3.8, 4) is 6.07 Å². The van der Waals surface area contributed by atoms with Gasteiger partial charge in [-0.2, -0.15) is 10.4 Å². The van der Waals surface area contributed by atoms with Gasteiger partial charge in [-0.15, -0.1) is 0 Å². The maximum absolute atomic E-state index is 12.6. The molecule has 1 saturated heterocycles. The molecule has 0 unspecified atom stereocenters. The van der Waals surface area contributed by atoms with Crippen LogP contribution in [0.2, 0.25) is 0 Å². The van der Waals surface area contributed by atoms with Crippen LogP contribution in [-0.2, 0) is 22.6 Å². The van der Waals surface area contributed by atoms with Crippen LogP contribution in [0.5, 0.6) is 0 Å². The van der Waals surface area contributed by atoms with E-state index in [1.165, 1.54) is 0 Å². The van der Waals surface area contributed by atoms with Gasteiger partial charge in [-0.3, -0.25) is 9.48 Å². The van der Waals surface area contributed by atoms with Gasteiger partial charge >= 0.3 is 0 Å². The van der Waals surface area contributed by atoms with Crippen LogP contribution in [0.25, 0.3) is 0 Å². The first-order valence-electron chi connectivity index (χ1n) is 8.13. The van der Waals surface area contributed by atoms with E-state index in [0.29, 0.717) is 25.1 Å². The van der Waals surface area contributed by atoms with E-state index in [2.05, 4.69) is 16.5 Å². The topological polar surface area (TPSA) is 79.9 Å². The van der Waals surface area contributed by atoms with Gasteiger partial charge < -0.3 is 10.1 Å². The van der Waals surface area contributed by atoms with Gasteiger partial charge in [0.1, 0.15) is 6.10 Å². The van der Waals surface area contributed by atoms with Crippen LogP contribution in [0, 0.1) is 17.2 Å². The predicted molar refractivity (Wildman–Crippen MR) is 87.7 cm³/mol. The zero-order valence-electron chi connectivity index (χ0n) is 13.6. The first-order valence-corrected chi connectivity index (χ1v) is 8.13. The molecule has 0 radical (unpaired) electrons. The minimum absolute atomic E-state index is 0.0243. The van der Waals surface area contributed by atoms with Crippen LogP contribution in [-0.4, -0.2) is 22.3 Å². The summed E-state index contributed by atoms with van der Waals surface area (Å²) in [6.45, 7) is 3.74. The molecule has 1 aliphatic rings. The van der Waals surface area contributed by atoms with Crippen LogP contribution >= 0.6 is 0 Å². The van der Waals surface area contributed by atoms with Crippen molar-refractivity contribution in [3.05, 3.63) is 53.3 Å². The van der Waals surface area contributed by atoms with Gasteiger partial charge in [0.05, 0.1) is 23.2 Å². The Morgan fingerprint density at radius 1 is 1.50 bits per heavy atom.